The van der Waals surface area contributed by atoms with Gasteiger partial charge in [0.05, 0.1) is 28.1 Å². The first-order chi connectivity index (χ1) is 25.2. The lowest BCUT2D eigenvalue weighted by molar-refractivity contribution is 1.18. The lowest BCUT2D eigenvalue weighted by atomic mass is 9.96. The molecule has 3 aromatic heterocycles. The SMILES string of the molecule is Cc1ccc2ccc3c(-c4ccc(-c5nc(-c6ccccc6)cc(-c6ccc(-c7ccccc7)cc6)n5)cc4)cc(-c4ccccc4)nc3c2n1. The Labute approximate surface area is 296 Å². The summed E-state index contributed by atoms with van der Waals surface area (Å²) in [6.07, 6.45) is 0. The van der Waals surface area contributed by atoms with E-state index in [2.05, 4.69) is 146 Å². The zero-order valence-electron chi connectivity index (χ0n) is 28.0. The monoisotopic (exact) mass is 652 g/mol. The molecule has 0 amide bonds. The first-order valence-electron chi connectivity index (χ1n) is 17.1. The maximum absolute atomic E-state index is 5.18. The minimum absolute atomic E-state index is 0.681. The molecule has 9 rings (SSSR count). The summed E-state index contributed by atoms with van der Waals surface area (Å²) < 4.78 is 0. The van der Waals surface area contributed by atoms with Gasteiger partial charge in [-0.15, -0.1) is 0 Å². The van der Waals surface area contributed by atoms with Gasteiger partial charge < -0.3 is 0 Å². The average molecular weight is 653 g/mol. The van der Waals surface area contributed by atoms with Crippen molar-refractivity contribution in [3.8, 4) is 67.4 Å². The van der Waals surface area contributed by atoms with Gasteiger partial charge in [0.2, 0.25) is 0 Å². The van der Waals surface area contributed by atoms with Crippen molar-refractivity contribution in [3.05, 3.63) is 182 Å². The molecule has 0 fully saturated rings. The minimum Gasteiger partial charge on any atom is -0.251 e. The van der Waals surface area contributed by atoms with E-state index in [1.54, 1.807) is 0 Å². The normalized spacial score (nSPS) is 11.2. The van der Waals surface area contributed by atoms with Crippen molar-refractivity contribution in [1.29, 1.82) is 0 Å². The Bertz CT molecular complexity index is 2650. The Hall–Kier alpha value is -6.78. The lowest BCUT2D eigenvalue weighted by Gasteiger charge is -2.13. The van der Waals surface area contributed by atoms with Gasteiger partial charge in [-0.05, 0) is 47.4 Å². The molecular weight excluding hydrogens is 621 g/mol. The van der Waals surface area contributed by atoms with Crippen LogP contribution in [0.5, 0.6) is 0 Å². The molecule has 51 heavy (non-hydrogen) atoms. The third kappa shape index (κ3) is 5.94. The molecule has 0 aliphatic heterocycles. The maximum atomic E-state index is 5.18. The fourth-order valence-electron chi connectivity index (χ4n) is 6.71. The van der Waals surface area contributed by atoms with Gasteiger partial charge in [0.1, 0.15) is 0 Å². The van der Waals surface area contributed by atoms with Gasteiger partial charge in [0, 0.05) is 38.7 Å². The Morgan fingerprint density at radius 3 is 1.43 bits per heavy atom. The predicted molar refractivity (Wildman–Crippen MR) is 210 cm³/mol. The van der Waals surface area contributed by atoms with Gasteiger partial charge in [-0.1, -0.05) is 158 Å². The minimum atomic E-state index is 0.681. The molecule has 0 bridgehead atoms. The van der Waals surface area contributed by atoms with Gasteiger partial charge in [0.25, 0.3) is 0 Å². The Morgan fingerprint density at radius 1 is 0.333 bits per heavy atom. The molecule has 9 aromatic rings. The molecule has 0 unspecified atom stereocenters. The van der Waals surface area contributed by atoms with Crippen molar-refractivity contribution in [2.45, 2.75) is 6.92 Å². The first kappa shape index (κ1) is 30.3. The second kappa shape index (κ2) is 12.9. The van der Waals surface area contributed by atoms with Gasteiger partial charge >= 0.3 is 0 Å². The third-order valence-electron chi connectivity index (χ3n) is 9.39. The summed E-state index contributed by atoms with van der Waals surface area (Å²) in [6, 6.07) is 61.0. The second-order valence-electron chi connectivity index (χ2n) is 12.8. The predicted octanol–water partition coefficient (Wildman–Crippen LogP) is 11.9. The molecular formula is C47H32N4. The van der Waals surface area contributed by atoms with E-state index >= 15 is 0 Å². The van der Waals surface area contributed by atoms with Crippen molar-refractivity contribution >= 4 is 21.8 Å². The molecule has 4 nitrogen and oxygen atoms in total. The summed E-state index contributed by atoms with van der Waals surface area (Å²) in [5.74, 6) is 0.681. The summed E-state index contributed by atoms with van der Waals surface area (Å²) >= 11 is 0. The number of aromatic nitrogens is 4. The van der Waals surface area contributed by atoms with E-state index in [0.29, 0.717) is 5.82 Å². The van der Waals surface area contributed by atoms with Crippen LogP contribution in [0.2, 0.25) is 0 Å². The number of aryl methyl sites for hydroxylation is 1. The van der Waals surface area contributed by atoms with Gasteiger partial charge in [-0.25, -0.2) is 15.0 Å². The van der Waals surface area contributed by atoms with E-state index in [0.717, 1.165) is 78.0 Å². The highest BCUT2D eigenvalue weighted by atomic mass is 14.9. The van der Waals surface area contributed by atoms with Crippen LogP contribution in [0.1, 0.15) is 5.69 Å². The number of nitrogens with zero attached hydrogens (tertiary/aromatic N) is 4. The molecule has 240 valence electrons. The van der Waals surface area contributed by atoms with Crippen LogP contribution < -0.4 is 0 Å². The summed E-state index contributed by atoms with van der Waals surface area (Å²) in [5, 5.41) is 2.14. The van der Waals surface area contributed by atoms with Crippen molar-refractivity contribution in [3.63, 3.8) is 0 Å². The van der Waals surface area contributed by atoms with Gasteiger partial charge in [-0.2, -0.15) is 0 Å². The Balaban J connectivity index is 1.15. The number of pyridine rings is 2. The van der Waals surface area contributed by atoms with Crippen LogP contribution in [-0.4, -0.2) is 19.9 Å². The van der Waals surface area contributed by atoms with E-state index in [4.69, 9.17) is 19.9 Å². The van der Waals surface area contributed by atoms with E-state index in [9.17, 15) is 0 Å². The smallest absolute Gasteiger partial charge is 0.160 e. The number of fused-ring (bicyclic) bond motifs is 3. The summed E-state index contributed by atoms with van der Waals surface area (Å²) in [6.45, 7) is 2.03. The topological polar surface area (TPSA) is 51.6 Å². The van der Waals surface area contributed by atoms with Crippen LogP contribution in [0.4, 0.5) is 0 Å². The fourth-order valence-corrected chi connectivity index (χ4v) is 6.71. The molecule has 4 heteroatoms. The highest BCUT2D eigenvalue weighted by molar-refractivity contribution is 6.09. The van der Waals surface area contributed by atoms with Crippen molar-refractivity contribution < 1.29 is 0 Å². The highest BCUT2D eigenvalue weighted by Crippen LogP contribution is 2.36. The van der Waals surface area contributed by atoms with Crippen LogP contribution in [0.15, 0.2) is 176 Å². The third-order valence-corrected chi connectivity index (χ3v) is 9.39. The second-order valence-corrected chi connectivity index (χ2v) is 12.8. The molecule has 0 saturated heterocycles. The highest BCUT2D eigenvalue weighted by Gasteiger charge is 2.15. The van der Waals surface area contributed by atoms with E-state index in [1.165, 1.54) is 11.1 Å². The van der Waals surface area contributed by atoms with Crippen molar-refractivity contribution in [1.82, 2.24) is 19.9 Å². The molecule has 0 saturated carbocycles. The molecule has 0 aliphatic rings. The van der Waals surface area contributed by atoms with Crippen LogP contribution in [-0.2, 0) is 0 Å². The van der Waals surface area contributed by atoms with Crippen LogP contribution in [0, 0.1) is 6.92 Å². The number of hydrogen-bond donors (Lipinski definition) is 0. The lowest BCUT2D eigenvalue weighted by Crippen LogP contribution is -1.96. The van der Waals surface area contributed by atoms with Crippen LogP contribution in [0.3, 0.4) is 0 Å². The Morgan fingerprint density at radius 2 is 0.804 bits per heavy atom. The molecule has 6 aromatic carbocycles. The van der Waals surface area contributed by atoms with E-state index in [-0.39, 0.29) is 0 Å². The fraction of sp³-hybridized carbons (Fsp3) is 0.0213. The molecule has 3 heterocycles. The van der Waals surface area contributed by atoms with Crippen LogP contribution >= 0.6 is 0 Å². The zero-order chi connectivity index (χ0) is 34.1. The molecule has 0 aliphatic carbocycles. The summed E-state index contributed by atoms with van der Waals surface area (Å²) in [5.41, 5.74) is 14.1. The largest absolute Gasteiger partial charge is 0.251 e. The van der Waals surface area contributed by atoms with Crippen LogP contribution in [0.25, 0.3) is 89.2 Å². The molecule has 0 spiro atoms. The number of rotatable bonds is 6. The number of benzene rings is 6. The van der Waals surface area contributed by atoms with Gasteiger partial charge in [-0.3, -0.25) is 4.98 Å². The number of hydrogen-bond acceptors (Lipinski definition) is 4. The quantitative estimate of drug-likeness (QED) is 0.168. The first-order valence-corrected chi connectivity index (χ1v) is 17.1. The maximum Gasteiger partial charge on any atom is 0.160 e. The zero-order valence-corrected chi connectivity index (χ0v) is 28.0. The van der Waals surface area contributed by atoms with Crippen molar-refractivity contribution in [2.24, 2.45) is 0 Å². The van der Waals surface area contributed by atoms with E-state index < -0.39 is 0 Å². The Kier molecular flexibility index (Phi) is 7.67. The molecule has 0 radical (unpaired) electrons. The van der Waals surface area contributed by atoms with Gasteiger partial charge in [0.15, 0.2) is 5.82 Å². The van der Waals surface area contributed by atoms with E-state index in [1.807, 2.05) is 37.3 Å². The molecule has 0 N–H and O–H groups in total. The average Bonchev–Trinajstić information content (AvgIpc) is 3.21. The van der Waals surface area contributed by atoms with Crippen molar-refractivity contribution in [2.75, 3.05) is 0 Å². The standard InChI is InChI=1S/C47H32N4/c1-31-17-18-38-27-28-40-41(29-42(35-13-7-3-8-14-35)49-46(40)45(38)48-31)34-21-25-39(26-22-34)47-50-43(36-15-9-4-10-16-36)30-44(51-47)37-23-19-33(20-24-37)32-11-5-2-6-12-32/h2-30H,1H3. The molecule has 0 atom stereocenters. The summed E-state index contributed by atoms with van der Waals surface area (Å²) in [7, 11) is 0. The summed E-state index contributed by atoms with van der Waals surface area (Å²) in [4.78, 5) is 20.3.